The summed E-state index contributed by atoms with van der Waals surface area (Å²) in [5.74, 6) is 2.13. The molecule has 0 aliphatic heterocycles. The molecule has 8 heteroatoms. The van der Waals surface area contributed by atoms with Crippen LogP contribution in [0.25, 0.3) is 45.8 Å². The second-order valence-electron chi connectivity index (χ2n) is 7.57. The number of aromatic nitrogens is 4. The smallest absolute Gasteiger partial charge is 0.248 e. The Balaban J connectivity index is 0.000000148. The molecule has 4 aromatic carbocycles. The number of hydrogen-bond donors (Lipinski definition) is 0. The van der Waals surface area contributed by atoms with Gasteiger partial charge in [0.05, 0.1) is 0 Å². The van der Waals surface area contributed by atoms with E-state index in [9.17, 15) is 0 Å². The molecular weight excluding hydrogens is 584 g/mol. The minimum atomic E-state index is 0.529. The first-order valence-corrected chi connectivity index (χ1v) is 12.5. The zero-order valence-corrected chi connectivity index (χ0v) is 21.9. The molecule has 2 aromatic heterocycles. The molecule has 0 radical (unpaired) electrons. The second-order valence-corrected chi connectivity index (χ2v) is 9.40. The quantitative estimate of drug-likeness (QED) is 0.202. The number of rotatable bonds is 4. The third-order valence-corrected chi connectivity index (χ3v) is 6.13. The highest BCUT2D eigenvalue weighted by Crippen LogP contribution is 2.26. The molecule has 0 bridgehead atoms. The maximum Gasteiger partial charge on any atom is 0.248 e. The van der Waals surface area contributed by atoms with E-state index in [0.29, 0.717) is 23.6 Å². The number of halogens is 2. The topological polar surface area (TPSA) is 77.8 Å². The van der Waals surface area contributed by atoms with Gasteiger partial charge in [-0.05, 0) is 72.8 Å². The van der Waals surface area contributed by atoms with Gasteiger partial charge in [-0.3, -0.25) is 0 Å². The van der Waals surface area contributed by atoms with Crippen LogP contribution in [-0.4, -0.2) is 20.4 Å². The number of nitrogens with zero attached hydrogens (tertiary/aromatic N) is 4. The molecule has 176 valence electrons. The molecule has 2 heterocycles. The molecule has 0 N–H and O–H groups in total. The SMILES string of the molecule is Brc1ccc(-c2nnc(-c3ccccc3)o2)cc1.Brc1ccc(-c2nnc(-c3ccccc3)o2)cc1. The van der Waals surface area contributed by atoms with Crippen LogP contribution in [-0.2, 0) is 0 Å². The van der Waals surface area contributed by atoms with Crippen LogP contribution in [0.15, 0.2) is 127 Å². The minimum absolute atomic E-state index is 0.529. The molecule has 0 aliphatic rings. The van der Waals surface area contributed by atoms with Crippen molar-refractivity contribution in [2.24, 2.45) is 0 Å². The van der Waals surface area contributed by atoms with E-state index < -0.39 is 0 Å². The summed E-state index contributed by atoms with van der Waals surface area (Å²) in [5, 5.41) is 16.2. The van der Waals surface area contributed by atoms with Crippen LogP contribution in [0.1, 0.15) is 0 Å². The molecule has 0 unspecified atom stereocenters. The van der Waals surface area contributed by atoms with E-state index in [2.05, 4.69) is 52.3 Å². The Morgan fingerprint density at radius 1 is 0.361 bits per heavy atom. The summed E-state index contributed by atoms with van der Waals surface area (Å²) in [4.78, 5) is 0. The van der Waals surface area contributed by atoms with Gasteiger partial charge < -0.3 is 8.83 Å². The third-order valence-electron chi connectivity index (χ3n) is 5.07. The van der Waals surface area contributed by atoms with Crippen molar-refractivity contribution in [3.63, 3.8) is 0 Å². The molecule has 36 heavy (non-hydrogen) atoms. The summed E-state index contributed by atoms with van der Waals surface area (Å²) < 4.78 is 13.4. The molecule has 6 aromatic rings. The van der Waals surface area contributed by atoms with E-state index in [1.807, 2.05) is 109 Å². The van der Waals surface area contributed by atoms with Crippen molar-refractivity contribution in [3.05, 3.63) is 118 Å². The van der Waals surface area contributed by atoms with Crippen LogP contribution in [0.5, 0.6) is 0 Å². The summed E-state index contributed by atoms with van der Waals surface area (Å²) in [5.41, 5.74) is 3.67. The lowest BCUT2D eigenvalue weighted by molar-refractivity contribution is 0.584. The van der Waals surface area contributed by atoms with Gasteiger partial charge in [0.25, 0.3) is 0 Å². The lowest BCUT2D eigenvalue weighted by atomic mass is 10.2. The molecule has 6 nitrogen and oxygen atoms in total. The molecule has 6 rings (SSSR count). The van der Waals surface area contributed by atoms with Crippen molar-refractivity contribution in [2.45, 2.75) is 0 Å². The van der Waals surface area contributed by atoms with Crippen molar-refractivity contribution in [2.75, 3.05) is 0 Å². The van der Waals surface area contributed by atoms with Gasteiger partial charge in [0.1, 0.15) is 0 Å². The van der Waals surface area contributed by atoms with Gasteiger partial charge in [0.15, 0.2) is 0 Å². The maximum atomic E-state index is 5.66. The minimum Gasteiger partial charge on any atom is -0.416 e. The van der Waals surface area contributed by atoms with Crippen molar-refractivity contribution < 1.29 is 8.83 Å². The third kappa shape index (κ3) is 5.84. The van der Waals surface area contributed by atoms with Gasteiger partial charge in [-0.25, -0.2) is 0 Å². The van der Waals surface area contributed by atoms with Crippen LogP contribution in [0, 0.1) is 0 Å². The van der Waals surface area contributed by atoms with Gasteiger partial charge in [-0.1, -0.05) is 68.3 Å². The fourth-order valence-electron chi connectivity index (χ4n) is 3.26. The first-order chi connectivity index (χ1) is 17.7. The summed E-state index contributed by atoms with van der Waals surface area (Å²) in [6, 6.07) is 35.0. The van der Waals surface area contributed by atoms with E-state index in [1.165, 1.54) is 0 Å². The van der Waals surface area contributed by atoms with E-state index >= 15 is 0 Å². The Morgan fingerprint density at radius 3 is 0.944 bits per heavy atom. The van der Waals surface area contributed by atoms with E-state index in [0.717, 1.165) is 31.2 Å². The monoisotopic (exact) mass is 600 g/mol. The van der Waals surface area contributed by atoms with E-state index in [-0.39, 0.29) is 0 Å². The van der Waals surface area contributed by atoms with Crippen LogP contribution in [0.4, 0.5) is 0 Å². The fraction of sp³-hybridized carbons (Fsp3) is 0. The van der Waals surface area contributed by atoms with Gasteiger partial charge in [0, 0.05) is 31.2 Å². The average Bonchev–Trinajstić information content (AvgIpc) is 3.62. The highest BCUT2D eigenvalue weighted by Gasteiger charge is 2.10. The molecule has 0 saturated carbocycles. The lowest BCUT2D eigenvalue weighted by Gasteiger charge is -1.95. The Labute approximate surface area is 224 Å². The highest BCUT2D eigenvalue weighted by atomic mass is 79.9. The molecule has 0 spiro atoms. The van der Waals surface area contributed by atoms with E-state index in [1.54, 1.807) is 0 Å². The average molecular weight is 602 g/mol. The maximum absolute atomic E-state index is 5.66. The van der Waals surface area contributed by atoms with E-state index in [4.69, 9.17) is 8.83 Å². The predicted octanol–water partition coefficient (Wildman–Crippen LogP) is 8.33. The zero-order valence-electron chi connectivity index (χ0n) is 18.8. The Hall–Kier alpha value is -3.88. The molecule has 0 fully saturated rings. The predicted molar refractivity (Wildman–Crippen MR) is 146 cm³/mol. The summed E-state index contributed by atoms with van der Waals surface area (Å²) in [6.07, 6.45) is 0. The zero-order chi connectivity index (χ0) is 24.7. The van der Waals surface area contributed by atoms with Gasteiger partial charge in [0.2, 0.25) is 23.6 Å². The largest absolute Gasteiger partial charge is 0.416 e. The van der Waals surface area contributed by atoms with Crippen molar-refractivity contribution in [1.82, 2.24) is 20.4 Å². The first kappa shape index (κ1) is 23.8. The van der Waals surface area contributed by atoms with Crippen molar-refractivity contribution >= 4 is 31.9 Å². The molecule has 0 saturated heterocycles. The van der Waals surface area contributed by atoms with Crippen LogP contribution in [0.2, 0.25) is 0 Å². The molecule has 0 amide bonds. The first-order valence-electron chi connectivity index (χ1n) is 11.0. The van der Waals surface area contributed by atoms with Crippen molar-refractivity contribution in [3.8, 4) is 45.8 Å². The van der Waals surface area contributed by atoms with Gasteiger partial charge in [-0.2, -0.15) is 0 Å². The number of hydrogen-bond acceptors (Lipinski definition) is 6. The highest BCUT2D eigenvalue weighted by molar-refractivity contribution is 9.10. The van der Waals surface area contributed by atoms with Gasteiger partial charge >= 0.3 is 0 Å². The van der Waals surface area contributed by atoms with Crippen LogP contribution < -0.4 is 0 Å². The normalized spacial score (nSPS) is 10.5. The summed E-state index contributed by atoms with van der Waals surface area (Å²) in [6.45, 7) is 0. The summed E-state index contributed by atoms with van der Waals surface area (Å²) in [7, 11) is 0. The standard InChI is InChI=1S/2C14H9BrN2O/c2*15-12-8-6-11(7-9-12)14-17-16-13(18-14)10-4-2-1-3-5-10/h2*1-9H. The molecular formula is C28H18Br2N4O2. The molecule has 0 aliphatic carbocycles. The van der Waals surface area contributed by atoms with Crippen LogP contribution >= 0.6 is 31.9 Å². The molecule has 0 atom stereocenters. The fourth-order valence-corrected chi connectivity index (χ4v) is 3.79. The Bertz CT molecular complexity index is 1410. The Morgan fingerprint density at radius 2 is 0.639 bits per heavy atom. The second kappa shape index (κ2) is 11.2. The van der Waals surface area contributed by atoms with Crippen molar-refractivity contribution in [1.29, 1.82) is 0 Å². The summed E-state index contributed by atoms with van der Waals surface area (Å²) >= 11 is 6.79. The lowest BCUT2D eigenvalue weighted by Crippen LogP contribution is -1.76. The Kier molecular flexibility index (Phi) is 7.44. The van der Waals surface area contributed by atoms with Gasteiger partial charge in [-0.15, -0.1) is 20.4 Å². The number of benzene rings is 4. The van der Waals surface area contributed by atoms with Crippen LogP contribution in [0.3, 0.4) is 0 Å².